The van der Waals surface area contributed by atoms with Crippen molar-refractivity contribution in [2.75, 3.05) is 49.8 Å². The Balaban J connectivity index is 1.54. The quantitative estimate of drug-likeness (QED) is 0.300. The molecule has 0 bridgehead atoms. The Bertz CT molecular complexity index is 1440. The van der Waals surface area contributed by atoms with E-state index >= 15 is 0 Å². The van der Waals surface area contributed by atoms with Gasteiger partial charge >= 0.3 is 12.1 Å². The first-order valence-corrected chi connectivity index (χ1v) is 13.9. The molecule has 1 aliphatic heterocycles. The fourth-order valence-electron chi connectivity index (χ4n) is 4.70. The van der Waals surface area contributed by atoms with E-state index in [-0.39, 0.29) is 43.1 Å². The van der Waals surface area contributed by atoms with Gasteiger partial charge in [0, 0.05) is 30.9 Å². The Kier molecular flexibility index (Phi) is 9.76. The number of urea groups is 2. The number of amides is 5. The van der Waals surface area contributed by atoms with Gasteiger partial charge in [-0.25, -0.2) is 9.59 Å². The van der Waals surface area contributed by atoms with Gasteiger partial charge < -0.3 is 44.9 Å². The molecule has 0 radical (unpaired) electrons. The number of hydrogen-bond acceptors (Lipinski definition) is 8. The molecule has 2 aromatic carbocycles. The van der Waals surface area contributed by atoms with E-state index in [0.717, 1.165) is 0 Å². The summed E-state index contributed by atoms with van der Waals surface area (Å²) in [5.41, 5.74) is 2.24. The van der Waals surface area contributed by atoms with Crippen molar-refractivity contribution in [2.24, 2.45) is 5.92 Å². The van der Waals surface area contributed by atoms with Gasteiger partial charge in [0.1, 0.15) is 29.0 Å². The van der Waals surface area contributed by atoms with Crippen LogP contribution in [0.3, 0.4) is 0 Å². The average molecular weight is 595 g/mol. The van der Waals surface area contributed by atoms with Crippen LogP contribution in [0.5, 0.6) is 11.5 Å². The highest BCUT2D eigenvalue weighted by atomic mass is 16.5. The van der Waals surface area contributed by atoms with Gasteiger partial charge in [0.2, 0.25) is 0 Å². The maximum atomic E-state index is 13.7. The summed E-state index contributed by atoms with van der Waals surface area (Å²) in [5, 5.41) is 22.1. The van der Waals surface area contributed by atoms with E-state index in [4.69, 9.17) is 14.0 Å². The Morgan fingerprint density at radius 3 is 2.44 bits per heavy atom. The van der Waals surface area contributed by atoms with Gasteiger partial charge in [-0.2, -0.15) is 0 Å². The van der Waals surface area contributed by atoms with Crippen LogP contribution in [-0.4, -0.2) is 84.0 Å². The van der Waals surface area contributed by atoms with Gasteiger partial charge in [-0.1, -0.05) is 12.1 Å². The van der Waals surface area contributed by atoms with Gasteiger partial charge in [-0.3, -0.25) is 4.79 Å². The van der Waals surface area contributed by atoms with Crippen molar-refractivity contribution < 1.29 is 33.5 Å². The molecule has 3 aromatic rings. The monoisotopic (exact) mass is 594 g/mol. The summed E-state index contributed by atoms with van der Waals surface area (Å²) in [7, 11) is 3.21. The molecule has 0 saturated heterocycles. The van der Waals surface area contributed by atoms with Crippen molar-refractivity contribution in [3.63, 3.8) is 0 Å². The third kappa shape index (κ3) is 7.36. The Labute approximate surface area is 250 Å². The molecule has 4 N–H and O–H groups in total. The first kappa shape index (κ1) is 31.2. The average Bonchev–Trinajstić information content (AvgIpc) is 3.31. The third-order valence-corrected chi connectivity index (χ3v) is 7.34. The van der Waals surface area contributed by atoms with E-state index < -0.39 is 18.2 Å². The SMILES string of the molecule is COc1ccc(NC(=O)Nc2ccc3c(c2)C(=O)N([C@H](C)CO)C[C@@H](C)[C@H](CN(C)C(=O)Nc2c(C)noc2C)O3)cc1. The molecule has 4 rings (SSSR count). The van der Waals surface area contributed by atoms with Crippen LogP contribution in [0.1, 0.15) is 35.7 Å². The number of fused-ring (bicyclic) bond motifs is 1. The predicted octanol–water partition coefficient (Wildman–Crippen LogP) is 4.33. The van der Waals surface area contributed by atoms with E-state index in [1.54, 1.807) is 82.3 Å². The lowest BCUT2D eigenvalue weighted by molar-refractivity contribution is 0.0371. The zero-order chi connectivity index (χ0) is 31.3. The molecule has 0 spiro atoms. The molecule has 2 heterocycles. The number of carbonyl (C=O) groups is 3. The van der Waals surface area contributed by atoms with Crippen LogP contribution in [0.2, 0.25) is 0 Å². The van der Waals surface area contributed by atoms with Gasteiger partial charge in [-0.05, 0) is 63.2 Å². The molecule has 13 heteroatoms. The first-order chi connectivity index (χ1) is 20.5. The number of anilines is 3. The summed E-state index contributed by atoms with van der Waals surface area (Å²) in [6, 6.07) is 10.3. The number of ether oxygens (including phenoxy) is 2. The maximum absolute atomic E-state index is 13.7. The van der Waals surface area contributed by atoms with E-state index in [2.05, 4.69) is 21.1 Å². The van der Waals surface area contributed by atoms with Crippen molar-refractivity contribution >= 4 is 35.0 Å². The molecular formula is C30H38N6O7. The minimum atomic E-state index is -0.502. The zero-order valence-corrected chi connectivity index (χ0v) is 25.1. The Morgan fingerprint density at radius 1 is 1.14 bits per heavy atom. The number of methoxy groups -OCH3 is 1. The zero-order valence-electron chi connectivity index (χ0n) is 25.1. The standard InChI is InChI=1S/C30H38N6O7/c1-17-14-36(18(2)16-37)28(38)24-13-22(32-29(39)31-21-7-10-23(41-6)11-8-21)9-12-25(24)42-26(17)15-35(5)30(40)33-27-19(3)34-43-20(27)4/h7-13,17-18,26,37H,14-16H2,1-6H3,(H,33,40)(H2,31,32,39)/t17-,18-,26+/m1/s1. The lowest BCUT2D eigenvalue weighted by Crippen LogP contribution is -2.50. The van der Waals surface area contributed by atoms with Crippen molar-refractivity contribution in [2.45, 2.75) is 39.8 Å². The van der Waals surface area contributed by atoms with Crippen LogP contribution >= 0.6 is 0 Å². The minimum Gasteiger partial charge on any atom is -0.497 e. The molecule has 0 saturated carbocycles. The number of aliphatic hydroxyl groups is 1. The molecular weight excluding hydrogens is 556 g/mol. The molecule has 13 nitrogen and oxygen atoms in total. The number of benzene rings is 2. The maximum Gasteiger partial charge on any atom is 0.323 e. The molecule has 3 atom stereocenters. The lowest BCUT2D eigenvalue weighted by Gasteiger charge is -2.38. The smallest absolute Gasteiger partial charge is 0.323 e. The second-order valence-corrected chi connectivity index (χ2v) is 10.7. The van der Waals surface area contributed by atoms with Crippen LogP contribution in [0.25, 0.3) is 0 Å². The van der Waals surface area contributed by atoms with Crippen LogP contribution < -0.4 is 25.4 Å². The van der Waals surface area contributed by atoms with E-state index in [9.17, 15) is 19.5 Å². The molecule has 0 aliphatic carbocycles. The number of nitrogens with zero attached hydrogens (tertiary/aromatic N) is 3. The van der Waals surface area contributed by atoms with Gasteiger partial charge in [0.25, 0.3) is 5.91 Å². The van der Waals surface area contributed by atoms with Gasteiger partial charge in [0.05, 0.1) is 31.9 Å². The normalized spacial score (nSPS) is 17.1. The third-order valence-electron chi connectivity index (χ3n) is 7.34. The van der Waals surface area contributed by atoms with E-state index in [1.165, 1.54) is 4.90 Å². The molecule has 1 aromatic heterocycles. The number of carbonyl (C=O) groups excluding carboxylic acids is 3. The summed E-state index contributed by atoms with van der Waals surface area (Å²) in [6.07, 6.45) is -0.502. The summed E-state index contributed by atoms with van der Waals surface area (Å²) in [6.45, 7) is 7.39. The molecule has 1 aliphatic rings. The summed E-state index contributed by atoms with van der Waals surface area (Å²) < 4.78 is 16.6. The first-order valence-electron chi connectivity index (χ1n) is 13.9. The van der Waals surface area contributed by atoms with Crippen LogP contribution in [0.15, 0.2) is 47.0 Å². The number of aliphatic hydroxyl groups excluding tert-OH is 1. The van der Waals surface area contributed by atoms with Crippen molar-refractivity contribution in [1.29, 1.82) is 0 Å². The van der Waals surface area contributed by atoms with Crippen LogP contribution in [0.4, 0.5) is 26.7 Å². The number of rotatable bonds is 8. The molecule has 0 unspecified atom stereocenters. The van der Waals surface area contributed by atoms with E-state index in [1.807, 2.05) is 6.92 Å². The molecule has 230 valence electrons. The van der Waals surface area contributed by atoms with Crippen molar-refractivity contribution in [3.05, 3.63) is 59.5 Å². The van der Waals surface area contributed by atoms with Gasteiger partial charge in [0.15, 0.2) is 5.76 Å². The number of likely N-dealkylation sites (N-methyl/N-ethyl adjacent to an activating group) is 1. The highest BCUT2D eigenvalue weighted by Gasteiger charge is 2.34. The van der Waals surface area contributed by atoms with Crippen molar-refractivity contribution in [3.8, 4) is 11.5 Å². The Hall–Kier alpha value is -4.78. The predicted molar refractivity (Wildman–Crippen MR) is 161 cm³/mol. The fourth-order valence-corrected chi connectivity index (χ4v) is 4.70. The molecule has 43 heavy (non-hydrogen) atoms. The number of hydrogen-bond donors (Lipinski definition) is 4. The number of aryl methyl sites for hydroxylation is 2. The van der Waals surface area contributed by atoms with E-state index in [0.29, 0.717) is 40.0 Å². The highest BCUT2D eigenvalue weighted by molar-refractivity contribution is 6.02. The lowest BCUT2D eigenvalue weighted by atomic mass is 9.99. The fraction of sp³-hybridized carbons (Fsp3) is 0.400. The summed E-state index contributed by atoms with van der Waals surface area (Å²) >= 11 is 0. The summed E-state index contributed by atoms with van der Waals surface area (Å²) in [5.74, 6) is 0.919. The number of nitrogens with one attached hydrogen (secondary N) is 3. The molecule has 5 amide bonds. The van der Waals surface area contributed by atoms with Crippen LogP contribution in [0, 0.1) is 19.8 Å². The van der Waals surface area contributed by atoms with Gasteiger partial charge in [-0.15, -0.1) is 0 Å². The minimum absolute atomic E-state index is 0.200. The topological polar surface area (TPSA) is 158 Å². The Morgan fingerprint density at radius 2 is 1.81 bits per heavy atom. The van der Waals surface area contributed by atoms with Crippen LogP contribution in [-0.2, 0) is 0 Å². The number of aromatic nitrogens is 1. The highest BCUT2D eigenvalue weighted by Crippen LogP contribution is 2.31. The summed E-state index contributed by atoms with van der Waals surface area (Å²) in [4.78, 5) is 42.5. The second kappa shape index (κ2) is 13.5. The van der Waals surface area contributed by atoms with Crippen molar-refractivity contribution in [1.82, 2.24) is 15.0 Å². The molecule has 0 fully saturated rings. The largest absolute Gasteiger partial charge is 0.497 e. The second-order valence-electron chi connectivity index (χ2n) is 10.7.